The number of unbranched alkanes of at least 4 members (excludes halogenated alkanes) is 1. The van der Waals surface area contributed by atoms with E-state index in [2.05, 4.69) is 20.1 Å². The second-order valence-corrected chi connectivity index (χ2v) is 12.7. The SMILES string of the molecule is C=CCCCOC(=O)[C@@H]1[C@@H]2CC(C)C3(S2)C(C(=O)N(CC=C)c2c(C)cccc2C)N([C@@H](CC)CO)C(=O)[C@H]13. The normalized spacial score (nSPS) is 29.7. The summed E-state index contributed by atoms with van der Waals surface area (Å²) in [6, 6.07) is 4.58. The van der Waals surface area contributed by atoms with E-state index in [4.69, 9.17) is 4.74 Å². The lowest BCUT2D eigenvalue weighted by molar-refractivity contribution is -0.155. The molecule has 1 aromatic carbocycles. The van der Waals surface area contributed by atoms with Gasteiger partial charge in [-0.15, -0.1) is 24.9 Å². The number of ether oxygens (including phenoxy) is 1. The number of hydrogen-bond acceptors (Lipinski definition) is 6. The summed E-state index contributed by atoms with van der Waals surface area (Å²) >= 11 is 1.62. The first-order valence-electron chi connectivity index (χ1n) is 14.1. The molecule has 2 amide bonds. The number of amides is 2. The summed E-state index contributed by atoms with van der Waals surface area (Å²) in [4.78, 5) is 45.9. The number of likely N-dealkylation sites (tertiary alicyclic amines) is 1. The molecule has 39 heavy (non-hydrogen) atoms. The minimum Gasteiger partial charge on any atom is -0.465 e. The van der Waals surface area contributed by atoms with Crippen LogP contribution in [0.15, 0.2) is 43.5 Å². The lowest BCUT2D eigenvalue weighted by atomic mass is 9.66. The zero-order valence-electron chi connectivity index (χ0n) is 23.6. The van der Waals surface area contributed by atoms with Crippen molar-refractivity contribution in [1.29, 1.82) is 0 Å². The summed E-state index contributed by atoms with van der Waals surface area (Å²) in [5, 5.41) is 10.3. The number of rotatable bonds is 12. The molecule has 3 aliphatic rings. The Balaban J connectivity index is 1.80. The third-order valence-electron chi connectivity index (χ3n) is 8.85. The zero-order chi connectivity index (χ0) is 28.5. The zero-order valence-corrected chi connectivity index (χ0v) is 24.4. The molecule has 4 rings (SSSR count). The van der Waals surface area contributed by atoms with Crippen LogP contribution in [0.3, 0.4) is 0 Å². The average Bonchev–Trinajstić information content (AvgIpc) is 3.50. The number of esters is 1. The van der Waals surface area contributed by atoms with Crippen molar-refractivity contribution in [3.63, 3.8) is 0 Å². The fourth-order valence-corrected chi connectivity index (χ4v) is 9.50. The number of carbonyl (C=O) groups excluding carboxylic acids is 3. The summed E-state index contributed by atoms with van der Waals surface area (Å²) in [5.74, 6) is -2.00. The van der Waals surface area contributed by atoms with Gasteiger partial charge in [-0.3, -0.25) is 14.4 Å². The molecule has 7 atom stereocenters. The number of aryl methyl sites for hydroxylation is 2. The molecule has 3 saturated heterocycles. The smallest absolute Gasteiger partial charge is 0.310 e. The Hall–Kier alpha value is -2.58. The molecule has 3 aliphatic heterocycles. The first-order chi connectivity index (χ1) is 18.7. The Morgan fingerprint density at radius 1 is 1.28 bits per heavy atom. The third kappa shape index (κ3) is 4.73. The largest absolute Gasteiger partial charge is 0.465 e. The maximum Gasteiger partial charge on any atom is 0.310 e. The van der Waals surface area contributed by atoms with Gasteiger partial charge in [0.15, 0.2) is 0 Å². The van der Waals surface area contributed by atoms with Gasteiger partial charge in [0.2, 0.25) is 5.91 Å². The third-order valence-corrected chi connectivity index (χ3v) is 10.9. The number of para-hydroxylation sites is 1. The van der Waals surface area contributed by atoms with Crippen LogP contribution in [-0.2, 0) is 19.1 Å². The second kappa shape index (κ2) is 11.9. The summed E-state index contributed by atoms with van der Waals surface area (Å²) < 4.78 is 4.90. The molecule has 2 bridgehead atoms. The lowest BCUT2D eigenvalue weighted by Crippen LogP contribution is -2.59. The highest BCUT2D eigenvalue weighted by atomic mass is 32.2. The fraction of sp³-hybridized carbons (Fsp3) is 0.581. The average molecular weight is 555 g/mol. The van der Waals surface area contributed by atoms with E-state index in [1.165, 1.54) is 0 Å². The highest BCUT2D eigenvalue weighted by Gasteiger charge is 2.77. The van der Waals surface area contributed by atoms with Crippen LogP contribution in [0.5, 0.6) is 0 Å². The minimum absolute atomic E-state index is 0.0324. The van der Waals surface area contributed by atoms with E-state index in [-0.39, 0.29) is 48.7 Å². The predicted molar refractivity (Wildman–Crippen MR) is 156 cm³/mol. The molecule has 8 heteroatoms. The Morgan fingerprint density at radius 2 is 1.97 bits per heavy atom. The van der Waals surface area contributed by atoms with Gasteiger partial charge in [0.25, 0.3) is 5.91 Å². The van der Waals surface area contributed by atoms with Gasteiger partial charge in [0.1, 0.15) is 6.04 Å². The van der Waals surface area contributed by atoms with Gasteiger partial charge in [0.05, 0.1) is 35.8 Å². The summed E-state index contributed by atoms with van der Waals surface area (Å²) in [5.41, 5.74) is 2.73. The molecule has 212 valence electrons. The molecule has 0 saturated carbocycles. The molecular weight excluding hydrogens is 512 g/mol. The molecule has 1 N–H and O–H groups in total. The van der Waals surface area contributed by atoms with Crippen molar-refractivity contribution >= 4 is 35.2 Å². The molecule has 1 spiro atoms. The van der Waals surface area contributed by atoms with E-state index < -0.39 is 28.7 Å². The van der Waals surface area contributed by atoms with Crippen molar-refractivity contribution in [2.75, 3.05) is 24.7 Å². The Labute approximate surface area is 236 Å². The van der Waals surface area contributed by atoms with Crippen molar-refractivity contribution in [3.8, 4) is 0 Å². The first-order valence-corrected chi connectivity index (χ1v) is 14.9. The number of thioether (sulfide) groups is 1. The topological polar surface area (TPSA) is 87.2 Å². The standard InChI is InChI=1S/C31H42N2O5S/c1-7-10-11-16-38-30(37)24-23-17-21(6)31(39-23)25(24)28(35)33(22(9-3)18-34)27(31)29(36)32(15-8-2)26-19(4)13-12-14-20(26)5/h7-8,12-14,21-25,27,34H,1-2,9-11,15-18H2,3-6H3/t21?,22-,23-,24+,25-,27?,31?/m0/s1. The maximum atomic E-state index is 14.8. The van der Waals surface area contributed by atoms with Gasteiger partial charge in [-0.1, -0.05) is 44.2 Å². The summed E-state index contributed by atoms with van der Waals surface area (Å²) in [7, 11) is 0. The van der Waals surface area contributed by atoms with Crippen LogP contribution in [0.1, 0.15) is 50.7 Å². The van der Waals surface area contributed by atoms with Gasteiger partial charge >= 0.3 is 5.97 Å². The number of anilines is 1. The van der Waals surface area contributed by atoms with E-state index in [9.17, 15) is 19.5 Å². The monoisotopic (exact) mass is 554 g/mol. The highest BCUT2D eigenvalue weighted by Crippen LogP contribution is 2.69. The van der Waals surface area contributed by atoms with E-state index in [1.807, 2.05) is 39.0 Å². The molecule has 0 aromatic heterocycles. The van der Waals surface area contributed by atoms with Crippen LogP contribution in [-0.4, -0.2) is 69.6 Å². The highest BCUT2D eigenvalue weighted by molar-refractivity contribution is 8.02. The van der Waals surface area contributed by atoms with Gasteiger partial charge in [-0.2, -0.15) is 0 Å². The molecule has 3 unspecified atom stereocenters. The Morgan fingerprint density at radius 3 is 2.56 bits per heavy atom. The molecule has 0 radical (unpaired) electrons. The van der Waals surface area contributed by atoms with E-state index in [1.54, 1.807) is 33.7 Å². The van der Waals surface area contributed by atoms with E-state index >= 15 is 0 Å². The van der Waals surface area contributed by atoms with Crippen LogP contribution in [0.2, 0.25) is 0 Å². The molecule has 1 aromatic rings. The summed E-state index contributed by atoms with van der Waals surface area (Å²) in [6.45, 7) is 15.9. The van der Waals surface area contributed by atoms with Crippen LogP contribution >= 0.6 is 11.8 Å². The molecule has 3 fully saturated rings. The number of carbonyl (C=O) groups is 3. The van der Waals surface area contributed by atoms with Crippen molar-refractivity contribution in [1.82, 2.24) is 4.90 Å². The van der Waals surface area contributed by atoms with Crippen molar-refractivity contribution in [2.24, 2.45) is 17.8 Å². The minimum atomic E-state index is -0.811. The number of aliphatic hydroxyl groups is 1. The molecule has 3 heterocycles. The molecule has 7 nitrogen and oxygen atoms in total. The fourth-order valence-electron chi connectivity index (χ4n) is 7.11. The molecular formula is C31H42N2O5S. The van der Waals surface area contributed by atoms with E-state index in [0.717, 1.165) is 29.7 Å². The summed E-state index contributed by atoms with van der Waals surface area (Å²) in [6.07, 6.45) is 6.16. The van der Waals surface area contributed by atoms with Crippen LogP contribution in [0, 0.1) is 31.6 Å². The predicted octanol–water partition coefficient (Wildman–Crippen LogP) is 4.44. The van der Waals surface area contributed by atoms with Crippen molar-refractivity contribution < 1.29 is 24.2 Å². The maximum absolute atomic E-state index is 14.8. The number of allylic oxidation sites excluding steroid dienone is 1. The first kappa shape index (κ1) is 29.4. The number of hydrogen-bond donors (Lipinski definition) is 1. The Bertz CT molecular complexity index is 1110. The van der Waals surface area contributed by atoms with Crippen LogP contribution in [0.25, 0.3) is 0 Å². The quantitative estimate of drug-likeness (QED) is 0.234. The second-order valence-electron chi connectivity index (χ2n) is 11.1. The number of aliphatic hydroxyl groups excluding tert-OH is 1. The van der Waals surface area contributed by atoms with Crippen molar-refractivity contribution in [2.45, 2.75) is 75.5 Å². The van der Waals surface area contributed by atoms with Gasteiger partial charge < -0.3 is 19.6 Å². The van der Waals surface area contributed by atoms with Crippen molar-refractivity contribution in [3.05, 3.63) is 54.6 Å². The number of nitrogens with zero attached hydrogens (tertiary/aromatic N) is 2. The van der Waals surface area contributed by atoms with Gasteiger partial charge in [0, 0.05) is 17.5 Å². The van der Waals surface area contributed by atoms with E-state index in [0.29, 0.717) is 12.8 Å². The number of fused-ring (bicyclic) bond motifs is 1. The molecule has 0 aliphatic carbocycles. The Kier molecular flexibility index (Phi) is 8.96. The van der Waals surface area contributed by atoms with Crippen LogP contribution < -0.4 is 4.90 Å². The van der Waals surface area contributed by atoms with Gasteiger partial charge in [-0.25, -0.2) is 0 Å². The lowest BCUT2D eigenvalue weighted by Gasteiger charge is -2.42. The van der Waals surface area contributed by atoms with Crippen LogP contribution in [0.4, 0.5) is 5.69 Å². The van der Waals surface area contributed by atoms with Gasteiger partial charge in [-0.05, 0) is 56.6 Å². The number of benzene rings is 1.